The molecule has 1 aromatic carbocycles. The Labute approximate surface area is 147 Å². The third-order valence-corrected chi connectivity index (χ3v) is 4.74. The molecule has 4 heteroatoms. The number of benzene rings is 1. The highest BCUT2D eigenvalue weighted by molar-refractivity contribution is 5.85. The van der Waals surface area contributed by atoms with Gasteiger partial charge >= 0.3 is 0 Å². The molecule has 0 bridgehead atoms. The Morgan fingerprint density at radius 3 is 2.39 bits per heavy atom. The number of hydrogen-bond acceptors (Lipinski definition) is 2. The summed E-state index contributed by atoms with van der Waals surface area (Å²) >= 11 is 0. The van der Waals surface area contributed by atoms with Crippen molar-refractivity contribution in [2.45, 2.75) is 52.0 Å². The summed E-state index contributed by atoms with van der Waals surface area (Å²) in [6.07, 6.45) is 5.33. The molecular weight excluding hydrogens is 308 g/mol. The molecule has 130 valence electrons. The minimum atomic E-state index is -0.188. The third-order valence-electron chi connectivity index (χ3n) is 4.74. The second kappa shape index (κ2) is 9.94. The molecule has 1 amide bonds. The molecular formula is C19H31ClN2O. The van der Waals surface area contributed by atoms with Crippen LogP contribution < -0.4 is 5.73 Å². The van der Waals surface area contributed by atoms with Gasteiger partial charge in [0.05, 0.1) is 0 Å². The van der Waals surface area contributed by atoms with Gasteiger partial charge in [0.15, 0.2) is 0 Å². The first-order valence-corrected chi connectivity index (χ1v) is 8.64. The number of nitrogens with zero attached hydrogens (tertiary/aromatic N) is 1. The number of amides is 1. The first-order chi connectivity index (χ1) is 10.6. The summed E-state index contributed by atoms with van der Waals surface area (Å²) < 4.78 is 0. The summed E-state index contributed by atoms with van der Waals surface area (Å²) in [5.41, 5.74) is 7.21. The first kappa shape index (κ1) is 20.0. The maximum atomic E-state index is 12.4. The second-order valence-corrected chi connectivity index (χ2v) is 7.02. The second-order valence-electron chi connectivity index (χ2n) is 7.02. The van der Waals surface area contributed by atoms with E-state index in [1.807, 2.05) is 35.2 Å². The average molecular weight is 339 g/mol. The van der Waals surface area contributed by atoms with Gasteiger partial charge in [-0.2, -0.15) is 0 Å². The van der Waals surface area contributed by atoms with Gasteiger partial charge in [0.1, 0.15) is 0 Å². The van der Waals surface area contributed by atoms with Gasteiger partial charge in [0, 0.05) is 25.6 Å². The molecule has 2 rings (SSSR count). The number of piperidine rings is 1. The van der Waals surface area contributed by atoms with E-state index in [2.05, 4.69) is 13.8 Å². The summed E-state index contributed by atoms with van der Waals surface area (Å²) in [7, 11) is 0. The van der Waals surface area contributed by atoms with Gasteiger partial charge in [-0.1, -0.05) is 57.0 Å². The fraction of sp³-hybridized carbons (Fsp3) is 0.632. The van der Waals surface area contributed by atoms with Crippen LogP contribution in [0.25, 0.3) is 0 Å². The van der Waals surface area contributed by atoms with Crippen LogP contribution in [0.3, 0.4) is 0 Å². The zero-order valence-corrected chi connectivity index (χ0v) is 15.2. The molecule has 1 unspecified atom stereocenters. The van der Waals surface area contributed by atoms with Gasteiger partial charge in [-0.3, -0.25) is 4.79 Å². The van der Waals surface area contributed by atoms with Gasteiger partial charge in [-0.05, 0) is 30.2 Å². The molecule has 1 fully saturated rings. The van der Waals surface area contributed by atoms with Crippen LogP contribution in [0.2, 0.25) is 0 Å². The van der Waals surface area contributed by atoms with Gasteiger partial charge in [0.25, 0.3) is 0 Å². The van der Waals surface area contributed by atoms with Crippen molar-refractivity contribution >= 4 is 18.3 Å². The molecule has 0 radical (unpaired) electrons. The van der Waals surface area contributed by atoms with E-state index in [-0.39, 0.29) is 24.4 Å². The largest absolute Gasteiger partial charge is 0.343 e. The molecule has 2 N–H and O–H groups in total. The molecule has 0 spiro atoms. The van der Waals surface area contributed by atoms with Gasteiger partial charge < -0.3 is 10.6 Å². The fourth-order valence-corrected chi connectivity index (χ4v) is 3.18. The van der Waals surface area contributed by atoms with E-state index in [1.54, 1.807) is 0 Å². The molecule has 1 heterocycles. The lowest BCUT2D eigenvalue weighted by molar-refractivity contribution is -0.133. The molecule has 1 atom stereocenters. The molecule has 0 aromatic heterocycles. The average Bonchev–Trinajstić information content (AvgIpc) is 2.54. The molecule has 1 saturated heterocycles. The predicted molar refractivity (Wildman–Crippen MR) is 98.6 cm³/mol. The van der Waals surface area contributed by atoms with Crippen LogP contribution in [-0.2, 0) is 4.79 Å². The van der Waals surface area contributed by atoms with Crippen molar-refractivity contribution in [3.8, 4) is 0 Å². The molecule has 3 nitrogen and oxygen atoms in total. The zero-order chi connectivity index (χ0) is 15.9. The molecule has 23 heavy (non-hydrogen) atoms. The summed E-state index contributed by atoms with van der Waals surface area (Å²) in [6.45, 7) is 6.37. The highest BCUT2D eigenvalue weighted by atomic mass is 35.5. The number of carbonyl (C=O) groups is 1. The van der Waals surface area contributed by atoms with Crippen molar-refractivity contribution in [1.29, 1.82) is 0 Å². The van der Waals surface area contributed by atoms with Crippen LogP contribution in [0, 0.1) is 11.8 Å². The molecule has 0 saturated carbocycles. The Bertz CT molecular complexity index is 456. The van der Waals surface area contributed by atoms with Crippen molar-refractivity contribution in [2.75, 3.05) is 13.1 Å². The Morgan fingerprint density at radius 2 is 1.83 bits per heavy atom. The summed E-state index contributed by atoms with van der Waals surface area (Å²) in [5.74, 6) is 1.79. The van der Waals surface area contributed by atoms with E-state index in [1.165, 1.54) is 12.8 Å². The first-order valence-electron chi connectivity index (χ1n) is 8.64. The van der Waals surface area contributed by atoms with Crippen LogP contribution in [0.5, 0.6) is 0 Å². The Kier molecular flexibility index (Phi) is 8.64. The topological polar surface area (TPSA) is 46.3 Å². The lowest BCUT2D eigenvalue weighted by Crippen LogP contribution is -2.39. The van der Waals surface area contributed by atoms with Crippen LogP contribution in [0.4, 0.5) is 0 Å². The van der Waals surface area contributed by atoms with E-state index in [0.29, 0.717) is 6.42 Å². The highest BCUT2D eigenvalue weighted by Gasteiger charge is 2.24. The lowest BCUT2D eigenvalue weighted by atomic mass is 9.89. The van der Waals surface area contributed by atoms with E-state index in [0.717, 1.165) is 43.3 Å². The zero-order valence-electron chi connectivity index (χ0n) is 14.4. The van der Waals surface area contributed by atoms with Crippen molar-refractivity contribution in [3.05, 3.63) is 35.9 Å². The minimum absolute atomic E-state index is 0. The predicted octanol–water partition coefficient (Wildman–Crippen LogP) is 4.17. The highest BCUT2D eigenvalue weighted by Crippen LogP contribution is 2.25. The monoisotopic (exact) mass is 338 g/mol. The number of rotatable bonds is 6. The van der Waals surface area contributed by atoms with E-state index < -0.39 is 0 Å². The van der Waals surface area contributed by atoms with Crippen molar-refractivity contribution in [1.82, 2.24) is 4.90 Å². The van der Waals surface area contributed by atoms with Crippen LogP contribution >= 0.6 is 12.4 Å². The molecule has 1 aliphatic heterocycles. The maximum absolute atomic E-state index is 12.4. The van der Waals surface area contributed by atoms with Gasteiger partial charge in [-0.25, -0.2) is 0 Å². The number of halogens is 1. The lowest BCUT2D eigenvalue weighted by Gasteiger charge is -2.33. The molecule has 1 aromatic rings. The van der Waals surface area contributed by atoms with E-state index in [9.17, 15) is 4.79 Å². The SMILES string of the molecule is CC(C)CCC1CCN(C(=O)CC(N)c2ccccc2)CC1.Cl. The fourth-order valence-electron chi connectivity index (χ4n) is 3.18. The van der Waals surface area contributed by atoms with Crippen LogP contribution in [0.1, 0.15) is 57.6 Å². The van der Waals surface area contributed by atoms with Gasteiger partial charge in [-0.15, -0.1) is 12.4 Å². The smallest absolute Gasteiger partial charge is 0.224 e. The number of likely N-dealkylation sites (tertiary alicyclic amines) is 1. The normalized spacial score (nSPS) is 17.0. The van der Waals surface area contributed by atoms with Crippen molar-refractivity contribution in [2.24, 2.45) is 17.6 Å². The third kappa shape index (κ3) is 6.52. The molecule has 1 aliphatic rings. The Balaban J connectivity index is 0.00000264. The van der Waals surface area contributed by atoms with Gasteiger partial charge in [0.2, 0.25) is 5.91 Å². The Morgan fingerprint density at radius 1 is 1.22 bits per heavy atom. The minimum Gasteiger partial charge on any atom is -0.343 e. The Hall–Kier alpha value is -1.06. The quantitative estimate of drug-likeness (QED) is 0.846. The van der Waals surface area contributed by atoms with E-state index >= 15 is 0 Å². The number of nitrogens with two attached hydrogens (primary N) is 1. The number of carbonyl (C=O) groups excluding carboxylic acids is 1. The van der Waals surface area contributed by atoms with E-state index in [4.69, 9.17) is 5.73 Å². The number of hydrogen-bond donors (Lipinski definition) is 1. The summed E-state index contributed by atoms with van der Waals surface area (Å²) in [5, 5.41) is 0. The maximum Gasteiger partial charge on any atom is 0.224 e. The van der Waals surface area contributed by atoms with Crippen molar-refractivity contribution in [3.63, 3.8) is 0 Å². The van der Waals surface area contributed by atoms with Crippen molar-refractivity contribution < 1.29 is 4.79 Å². The standard InChI is InChI=1S/C19H30N2O.ClH/c1-15(2)8-9-16-10-12-21(13-11-16)19(22)14-18(20)17-6-4-3-5-7-17;/h3-7,15-16,18H,8-14,20H2,1-2H3;1H. The molecule has 0 aliphatic carbocycles. The summed E-state index contributed by atoms with van der Waals surface area (Å²) in [4.78, 5) is 14.4. The van der Waals surface area contributed by atoms with Crippen LogP contribution in [-0.4, -0.2) is 23.9 Å². The van der Waals surface area contributed by atoms with Crippen LogP contribution in [0.15, 0.2) is 30.3 Å². The summed E-state index contributed by atoms with van der Waals surface area (Å²) in [6, 6.07) is 9.72.